The van der Waals surface area contributed by atoms with Crippen molar-refractivity contribution in [1.29, 1.82) is 0 Å². The minimum Gasteiger partial charge on any atom is -0.479 e. The summed E-state index contributed by atoms with van der Waals surface area (Å²) in [5.41, 5.74) is 0.109. The molecule has 14 nitrogen and oxygen atoms in total. The fourth-order valence-electron chi connectivity index (χ4n) is 3.65. The number of esters is 1. The second kappa shape index (κ2) is 12.0. The van der Waals surface area contributed by atoms with Crippen molar-refractivity contribution in [2.45, 2.75) is 75.2 Å². The van der Waals surface area contributed by atoms with Crippen LogP contribution in [-0.4, -0.2) is 120 Å². The van der Waals surface area contributed by atoms with Crippen molar-refractivity contribution in [1.82, 2.24) is 5.32 Å². The molecule has 2 saturated heterocycles. The van der Waals surface area contributed by atoms with E-state index in [9.17, 15) is 34.8 Å². The van der Waals surface area contributed by atoms with Crippen LogP contribution in [0.5, 0.6) is 0 Å². The van der Waals surface area contributed by atoms with Crippen LogP contribution in [0.4, 0.5) is 0 Å². The number of carbonyl (C=O) groups is 3. The molecule has 0 aliphatic carbocycles. The van der Waals surface area contributed by atoms with Crippen LogP contribution in [0.15, 0.2) is 12.2 Å². The van der Waals surface area contributed by atoms with Gasteiger partial charge in [0.2, 0.25) is 5.91 Å². The fraction of sp³-hybridized carbons (Fsp3) is 0.750. The van der Waals surface area contributed by atoms with Crippen LogP contribution in [0.25, 0.3) is 0 Å². The number of rotatable bonds is 9. The van der Waals surface area contributed by atoms with E-state index in [1.54, 1.807) is 0 Å². The molecule has 0 spiro atoms. The largest absolute Gasteiger partial charge is 0.479 e. The summed E-state index contributed by atoms with van der Waals surface area (Å²) in [6, 6.07) is -1.16. The molecular weight excluding hydrogens is 462 g/mol. The molecule has 10 atom stereocenters. The summed E-state index contributed by atoms with van der Waals surface area (Å²) in [4.78, 5) is 35.1. The number of hydrogen-bond acceptors (Lipinski definition) is 12. The van der Waals surface area contributed by atoms with Gasteiger partial charge in [0, 0.05) is 26.7 Å². The first-order valence-corrected chi connectivity index (χ1v) is 10.3. The quantitative estimate of drug-likeness (QED) is 0.164. The third-order valence-corrected chi connectivity index (χ3v) is 5.35. The monoisotopic (exact) mass is 493 g/mol. The van der Waals surface area contributed by atoms with Gasteiger partial charge in [-0.2, -0.15) is 0 Å². The predicted molar refractivity (Wildman–Crippen MR) is 109 cm³/mol. The van der Waals surface area contributed by atoms with Crippen molar-refractivity contribution in [3.63, 3.8) is 0 Å². The molecule has 14 heteroatoms. The number of carboxylic acids is 1. The van der Waals surface area contributed by atoms with Gasteiger partial charge < -0.3 is 54.2 Å². The molecule has 34 heavy (non-hydrogen) atoms. The molecule has 0 aromatic rings. The van der Waals surface area contributed by atoms with Gasteiger partial charge in [0.25, 0.3) is 0 Å². The zero-order chi connectivity index (χ0) is 25.7. The molecule has 2 fully saturated rings. The van der Waals surface area contributed by atoms with E-state index in [1.807, 2.05) is 0 Å². The van der Waals surface area contributed by atoms with Crippen LogP contribution in [0.1, 0.15) is 13.8 Å². The summed E-state index contributed by atoms with van der Waals surface area (Å²) in [5.74, 6) is -2.77. The van der Waals surface area contributed by atoms with Crippen molar-refractivity contribution in [3.05, 3.63) is 12.2 Å². The van der Waals surface area contributed by atoms with Gasteiger partial charge in [-0.1, -0.05) is 6.58 Å². The van der Waals surface area contributed by atoms with Crippen molar-refractivity contribution in [2.24, 2.45) is 0 Å². The van der Waals surface area contributed by atoms with Gasteiger partial charge in [0.1, 0.15) is 49.3 Å². The van der Waals surface area contributed by atoms with E-state index in [4.69, 9.17) is 28.4 Å². The Hall–Kier alpha value is -2.17. The van der Waals surface area contributed by atoms with E-state index in [0.717, 1.165) is 7.11 Å². The number of nitrogens with one attached hydrogen (secondary N) is 1. The molecule has 194 valence electrons. The lowest BCUT2D eigenvalue weighted by Crippen LogP contribution is -2.68. The number of carboxylic acid groups (broad SMARTS) is 1. The maximum absolute atomic E-state index is 11.8. The first kappa shape index (κ1) is 28.1. The Bertz CT molecular complexity index is 761. The van der Waals surface area contributed by atoms with Gasteiger partial charge in [0.05, 0.1) is 0 Å². The van der Waals surface area contributed by atoms with E-state index in [-0.39, 0.29) is 5.57 Å². The third-order valence-electron chi connectivity index (χ3n) is 5.35. The second-order valence-corrected chi connectivity index (χ2v) is 7.92. The number of aliphatic hydroxyl groups excluding tert-OH is 3. The van der Waals surface area contributed by atoms with Crippen LogP contribution < -0.4 is 5.32 Å². The number of methoxy groups -OCH3 is 2. The Morgan fingerprint density at radius 3 is 2.09 bits per heavy atom. The molecule has 2 aliphatic heterocycles. The Morgan fingerprint density at radius 1 is 0.941 bits per heavy atom. The summed E-state index contributed by atoms with van der Waals surface area (Å²) >= 11 is 0. The number of ether oxygens (including phenoxy) is 6. The molecule has 0 aromatic carbocycles. The predicted octanol–water partition coefficient (Wildman–Crippen LogP) is -2.73. The highest BCUT2D eigenvalue weighted by molar-refractivity contribution is 5.86. The summed E-state index contributed by atoms with van der Waals surface area (Å²) < 4.78 is 31.8. The molecule has 2 aliphatic rings. The minimum absolute atomic E-state index is 0.109. The molecule has 5 N–H and O–H groups in total. The summed E-state index contributed by atoms with van der Waals surface area (Å²) in [6.45, 7) is 5.63. The number of amides is 1. The molecule has 1 amide bonds. The molecule has 4 unspecified atom stereocenters. The van der Waals surface area contributed by atoms with Gasteiger partial charge in [-0.25, -0.2) is 9.59 Å². The van der Waals surface area contributed by atoms with Gasteiger partial charge in [0.15, 0.2) is 18.7 Å². The number of carbonyl (C=O) groups excluding carboxylic acids is 2. The topological polar surface area (TPSA) is 200 Å². The Labute approximate surface area is 195 Å². The number of hydrogen-bond donors (Lipinski definition) is 5. The second-order valence-electron chi connectivity index (χ2n) is 7.92. The first-order valence-electron chi connectivity index (χ1n) is 10.3. The fourth-order valence-corrected chi connectivity index (χ4v) is 3.65. The van der Waals surface area contributed by atoms with Gasteiger partial charge in [-0.15, -0.1) is 0 Å². The molecule has 0 aromatic heterocycles. The highest BCUT2D eigenvalue weighted by atomic mass is 16.7. The molecule has 0 saturated carbocycles. The van der Waals surface area contributed by atoms with E-state index in [2.05, 4.69) is 11.9 Å². The smallest absolute Gasteiger partial charge is 0.335 e. The van der Waals surface area contributed by atoms with Crippen LogP contribution >= 0.6 is 0 Å². The van der Waals surface area contributed by atoms with E-state index in [1.165, 1.54) is 21.0 Å². The van der Waals surface area contributed by atoms with Gasteiger partial charge in [-0.3, -0.25) is 4.79 Å². The highest BCUT2D eigenvalue weighted by Gasteiger charge is 2.53. The molecule has 2 heterocycles. The zero-order valence-electron chi connectivity index (χ0n) is 19.2. The number of aliphatic carboxylic acids is 1. The van der Waals surface area contributed by atoms with E-state index < -0.39 is 85.8 Å². The van der Waals surface area contributed by atoms with Crippen molar-refractivity contribution in [3.8, 4) is 0 Å². The van der Waals surface area contributed by atoms with Gasteiger partial charge >= 0.3 is 11.9 Å². The third kappa shape index (κ3) is 6.28. The molecule has 2 rings (SSSR count). The lowest BCUT2D eigenvalue weighted by atomic mass is 9.95. The normalized spacial score (nSPS) is 38.1. The molecule has 0 radical (unpaired) electrons. The van der Waals surface area contributed by atoms with Crippen molar-refractivity contribution < 1.29 is 63.2 Å². The minimum atomic E-state index is -1.78. The highest BCUT2D eigenvalue weighted by Crippen LogP contribution is 2.30. The standard InChI is InChI=1S/C20H31NO13/c1-7(2)18(28)31-6-9-11(23)14(10(21-8(3)22)19(30-5)32-9)33-20-13(25)12(24)15(29-4)16(34-20)17(26)27/h9-16,19-20,23-25H,1,6H2,2-5H3,(H,21,22)(H,26,27)/t9?,10-,11-,12?,13-,14?,15-,16?,19+,20+/m0/s1. The summed E-state index contributed by atoms with van der Waals surface area (Å²) in [7, 11) is 2.39. The van der Waals surface area contributed by atoms with Crippen molar-refractivity contribution >= 4 is 17.8 Å². The van der Waals surface area contributed by atoms with E-state index >= 15 is 0 Å². The van der Waals surface area contributed by atoms with Crippen molar-refractivity contribution in [2.75, 3.05) is 20.8 Å². The van der Waals surface area contributed by atoms with Crippen LogP contribution in [0.3, 0.4) is 0 Å². The maximum atomic E-state index is 11.8. The Kier molecular flexibility index (Phi) is 9.90. The summed E-state index contributed by atoms with van der Waals surface area (Å²) in [5, 5.41) is 43.6. The first-order chi connectivity index (χ1) is 15.9. The van der Waals surface area contributed by atoms with Crippen LogP contribution in [-0.2, 0) is 42.8 Å². The summed E-state index contributed by atoms with van der Waals surface area (Å²) in [6.07, 6.45) is -13.8. The number of aliphatic hydroxyl groups is 3. The Balaban J connectivity index is 2.31. The molecule has 0 bridgehead atoms. The lowest BCUT2D eigenvalue weighted by molar-refractivity contribution is -0.340. The lowest BCUT2D eigenvalue weighted by Gasteiger charge is -2.47. The average molecular weight is 493 g/mol. The van der Waals surface area contributed by atoms with Crippen LogP contribution in [0, 0.1) is 0 Å². The SMILES string of the molecule is C=C(C)C(=O)OCC1O[C@@H](OC)[C@@H](NC(C)=O)C(O[C@@H]2OC(C(=O)O)[C@@H](OC)C(O)[C@@H]2O)[C@H]1O. The zero-order valence-corrected chi connectivity index (χ0v) is 19.2. The Morgan fingerprint density at radius 2 is 1.59 bits per heavy atom. The maximum Gasteiger partial charge on any atom is 0.335 e. The van der Waals surface area contributed by atoms with Crippen LogP contribution in [0.2, 0.25) is 0 Å². The average Bonchev–Trinajstić information content (AvgIpc) is 2.77. The van der Waals surface area contributed by atoms with Gasteiger partial charge in [-0.05, 0) is 6.92 Å². The molecular formula is C20H31NO13. The van der Waals surface area contributed by atoms with E-state index in [0.29, 0.717) is 0 Å².